The van der Waals surface area contributed by atoms with Crippen molar-refractivity contribution >= 4 is 21.2 Å². The van der Waals surface area contributed by atoms with Gasteiger partial charge in [-0.1, -0.05) is 12.1 Å². The molecule has 7 heteroatoms. The van der Waals surface area contributed by atoms with E-state index in [1.165, 1.54) is 12.3 Å². The van der Waals surface area contributed by atoms with E-state index < -0.39 is 10.1 Å². The summed E-state index contributed by atoms with van der Waals surface area (Å²) in [7, 11) is -2.59. The van der Waals surface area contributed by atoms with Gasteiger partial charge < -0.3 is 8.98 Å². The second kappa shape index (κ2) is 3.94. The number of aryl methyl sites for hydroxylation is 1. The first-order valence-corrected chi connectivity index (χ1v) is 6.89. The molecule has 19 heavy (non-hydrogen) atoms. The van der Waals surface area contributed by atoms with Crippen molar-refractivity contribution in [1.29, 1.82) is 0 Å². The van der Waals surface area contributed by atoms with Gasteiger partial charge in [0, 0.05) is 7.05 Å². The molecular weight excluding hydrogens is 268 g/mol. The number of benzene rings is 1. The third-order valence-electron chi connectivity index (χ3n) is 2.90. The first-order chi connectivity index (χ1) is 8.98. The minimum absolute atomic E-state index is 0.0289. The molecule has 3 aromatic rings. The van der Waals surface area contributed by atoms with Gasteiger partial charge in [0.15, 0.2) is 11.6 Å². The smallest absolute Gasteiger partial charge is 0.298 e. The summed E-state index contributed by atoms with van der Waals surface area (Å²) in [6.45, 7) is 0. The Kier molecular flexibility index (Phi) is 2.48. The van der Waals surface area contributed by atoms with Crippen LogP contribution in [0.1, 0.15) is 0 Å². The molecule has 0 atom stereocenters. The molecule has 0 fully saturated rings. The van der Waals surface area contributed by atoms with Crippen LogP contribution in [0.4, 0.5) is 0 Å². The molecule has 0 amide bonds. The normalized spacial score (nSPS) is 12.1. The summed E-state index contributed by atoms with van der Waals surface area (Å²) in [6, 6.07) is 8.57. The first kappa shape index (κ1) is 11.9. The van der Waals surface area contributed by atoms with Crippen LogP contribution in [0.3, 0.4) is 0 Å². The zero-order chi connectivity index (χ0) is 13.6. The largest absolute Gasteiger partial charge is 0.460 e. The van der Waals surface area contributed by atoms with Crippen molar-refractivity contribution in [1.82, 2.24) is 9.55 Å². The van der Waals surface area contributed by atoms with Crippen molar-refractivity contribution in [2.24, 2.45) is 7.05 Å². The van der Waals surface area contributed by atoms with Gasteiger partial charge in [-0.3, -0.25) is 4.55 Å². The minimum atomic E-state index is -4.34. The number of para-hydroxylation sites is 2. The van der Waals surface area contributed by atoms with Crippen LogP contribution in [-0.4, -0.2) is 22.5 Å². The molecular formula is C12H10N2O4S. The standard InChI is InChI=1S/C12H10N2O4S/c1-14-9-5-3-2-4-8(9)13-12(14)11-10(6-7-18-11)19(15,16)17/h2-7H,1H3,(H,15,16,17). The highest BCUT2D eigenvalue weighted by Crippen LogP contribution is 2.29. The number of imidazole rings is 1. The van der Waals surface area contributed by atoms with Crippen LogP contribution in [0.5, 0.6) is 0 Å². The van der Waals surface area contributed by atoms with Gasteiger partial charge >= 0.3 is 0 Å². The highest BCUT2D eigenvalue weighted by molar-refractivity contribution is 7.86. The lowest BCUT2D eigenvalue weighted by atomic mass is 10.3. The average molecular weight is 278 g/mol. The van der Waals surface area contributed by atoms with E-state index >= 15 is 0 Å². The molecule has 1 N–H and O–H groups in total. The monoisotopic (exact) mass is 278 g/mol. The third-order valence-corrected chi connectivity index (χ3v) is 3.77. The molecule has 0 bridgehead atoms. The topological polar surface area (TPSA) is 85.3 Å². The first-order valence-electron chi connectivity index (χ1n) is 5.45. The molecule has 2 heterocycles. The maximum atomic E-state index is 11.3. The van der Waals surface area contributed by atoms with Crippen LogP contribution in [-0.2, 0) is 17.2 Å². The summed E-state index contributed by atoms with van der Waals surface area (Å²) in [5.74, 6) is 0.375. The quantitative estimate of drug-likeness (QED) is 0.725. The lowest BCUT2D eigenvalue weighted by Gasteiger charge is -2.01. The molecule has 0 saturated carbocycles. The molecule has 6 nitrogen and oxygen atoms in total. The highest BCUT2D eigenvalue weighted by atomic mass is 32.2. The predicted molar refractivity (Wildman–Crippen MR) is 68.2 cm³/mol. The van der Waals surface area contributed by atoms with E-state index in [4.69, 9.17) is 8.97 Å². The van der Waals surface area contributed by atoms with E-state index in [1.807, 2.05) is 24.3 Å². The molecule has 0 spiro atoms. The van der Waals surface area contributed by atoms with Crippen molar-refractivity contribution in [3.05, 3.63) is 36.6 Å². The van der Waals surface area contributed by atoms with Crippen molar-refractivity contribution in [2.45, 2.75) is 4.90 Å². The van der Waals surface area contributed by atoms with Crippen LogP contribution in [0.15, 0.2) is 45.9 Å². The van der Waals surface area contributed by atoms with Gasteiger partial charge in [0.2, 0.25) is 0 Å². The number of nitrogens with zero attached hydrogens (tertiary/aromatic N) is 2. The van der Waals surface area contributed by atoms with Crippen LogP contribution in [0, 0.1) is 0 Å². The fraction of sp³-hybridized carbons (Fsp3) is 0.0833. The zero-order valence-electron chi connectivity index (χ0n) is 9.94. The number of furan rings is 1. The van der Waals surface area contributed by atoms with Crippen molar-refractivity contribution in [2.75, 3.05) is 0 Å². The van der Waals surface area contributed by atoms with Crippen LogP contribution in [0.2, 0.25) is 0 Å². The van der Waals surface area contributed by atoms with Crippen molar-refractivity contribution in [3.63, 3.8) is 0 Å². The maximum Gasteiger partial charge on any atom is 0.298 e. The van der Waals surface area contributed by atoms with E-state index in [-0.39, 0.29) is 10.7 Å². The molecule has 2 aromatic heterocycles. The van der Waals surface area contributed by atoms with Gasteiger partial charge in [-0.05, 0) is 18.2 Å². The number of aromatic nitrogens is 2. The van der Waals surface area contributed by atoms with Gasteiger partial charge in [-0.25, -0.2) is 4.98 Å². The van der Waals surface area contributed by atoms with Gasteiger partial charge in [-0.15, -0.1) is 0 Å². The molecule has 0 unspecified atom stereocenters. The van der Waals surface area contributed by atoms with Crippen molar-refractivity contribution < 1.29 is 17.4 Å². The lowest BCUT2D eigenvalue weighted by molar-refractivity contribution is 0.481. The number of fused-ring (bicyclic) bond motifs is 1. The Bertz CT molecular complexity index is 861. The fourth-order valence-corrected chi connectivity index (χ4v) is 2.61. The molecule has 0 aliphatic rings. The maximum absolute atomic E-state index is 11.3. The van der Waals surface area contributed by atoms with Crippen molar-refractivity contribution in [3.8, 4) is 11.6 Å². The van der Waals surface area contributed by atoms with Gasteiger partial charge in [0.1, 0.15) is 4.90 Å². The Hall–Kier alpha value is -2.12. The minimum Gasteiger partial charge on any atom is -0.460 e. The molecule has 3 rings (SSSR count). The fourth-order valence-electron chi connectivity index (χ4n) is 2.01. The Morgan fingerprint density at radius 1 is 1.26 bits per heavy atom. The number of hydrogen-bond acceptors (Lipinski definition) is 4. The summed E-state index contributed by atoms with van der Waals surface area (Å²) >= 11 is 0. The SMILES string of the molecule is Cn1c(-c2occc2S(=O)(=O)O)nc2ccccc21. The summed E-state index contributed by atoms with van der Waals surface area (Å²) in [6.07, 6.45) is 1.21. The van der Waals surface area contributed by atoms with E-state index in [1.54, 1.807) is 11.6 Å². The molecule has 0 radical (unpaired) electrons. The Morgan fingerprint density at radius 2 is 2.00 bits per heavy atom. The van der Waals surface area contributed by atoms with Gasteiger partial charge in [0.05, 0.1) is 17.3 Å². The van der Waals surface area contributed by atoms with E-state index in [0.29, 0.717) is 5.82 Å². The Morgan fingerprint density at radius 3 is 2.68 bits per heavy atom. The zero-order valence-corrected chi connectivity index (χ0v) is 10.8. The molecule has 0 aliphatic heterocycles. The van der Waals surface area contributed by atoms with E-state index in [9.17, 15) is 8.42 Å². The average Bonchev–Trinajstić information content (AvgIpc) is 2.94. The van der Waals surface area contributed by atoms with E-state index in [2.05, 4.69) is 4.98 Å². The molecule has 0 saturated heterocycles. The Balaban J connectivity index is 2.32. The summed E-state index contributed by atoms with van der Waals surface area (Å²) in [5.41, 5.74) is 1.56. The summed E-state index contributed by atoms with van der Waals surface area (Å²) < 4.78 is 38.6. The predicted octanol–water partition coefficient (Wildman–Crippen LogP) is 2.08. The highest BCUT2D eigenvalue weighted by Gasteiger charge is 2.23. The number of rotatable bonds is 2. The molecule has 98 valence electrons. The Labute approximate surface area is 109 Å². The second-order valence-corrected chi connectivity index (χ2v) is 5.46. The van der Waals surface area contributed by atoms with Crippen LogP contribution >= 0.6 is 0 Å². The van der Waals surface area contributed by atoms with Gasteiger partial charge in [-0.2, -0.15) is 8.42 Å². The number of hydrogen-bond donors (Lipinski definition) is 1. The van der Waals surface area contributed by atoms with Gasteiger partial charge in [0.25, 0.3) is 10.1 Å². The second-order valence-electron chi connectivity index (χ2n) is 4.07. The lowest BCUT2D eigenvalue weighted by Crippen LogP contribution is -2.00. The summed E-state index contributed by atoms with van der Waals surface area (Å²) in [5, 5.41) is 0. The molecule has 1 aromatic carbocycles. The van der Waals surface area contributed by atoms with Crippen LogP contribution < -0.4 is 0 Å². The molecule has 0 aliphatic carbocycles. The third kappa shape index (κ3) is 1.83. The summed E-state index contributed by atoms with van der Waals surface area (Å²) in [4.78, 5) is 4.04. The van der Waals surface area contributed by atoms with Crippen LogP contribution in [0.25, 0.3) is 22.6 Å². The van der Waals surface area contributed by atoms with E-state index in [0.717, 1.165) is 11.0 Å².